The van der Waals surface area contributed by atoms with Crippen molar-refractivity contribution in [2.75, 3.05) is 0 Å². The molecule has 9 aromatic rings. The molecule has 0 aliphatic carbocycles. The van der Waals surface area contributed by atoms with Crippen molar-refractivity contribution in [3.05, 3.63) is 152 Å². The van der Waals surface area contributed by atoms with E-state index in [0.717, 1.165) is 44.6 Å². The van der Waals surface area contributed by atoms with Gasteiger partial charge in [-0.3, -0.25) is 0 Å². The van der Waals surface area contributed by atoms with Gasteiger partial charge in [0.15, 0.2) is 5.58 Å². The Balaban J connectivity index is 1.15. The maximum absolute atomic E-state index is 6.45. The summed E-state index contributed by atoms with van der Waals surface area (Å²) in [4.78, 5) is 9.41. The van der Waals surface area contributed by atoms with Gasteiger partial charge in [0.2, 0.25) is 0 Å². The Morgan fingerprint density at radius 3 is 1.82 bits per heavy atom. The number of aromatic nitrogens is 3. The summed E-state index contributed by atoms with van der Waals surface area (Å²) in [6.07, 6.45) is 1.64. The van der Waals surface area contributed by atoms with Gasteiger partial charge in [0.25, 0.3) is 0 Å². The predicted molar refractivity (Wildman–Crippen MR) is 180 cm³/mol. The zero-order valence-electron chi connectivity index (χ0n) is 23.7. The van der Waals surface area contributed by atoms with Crippen molar-refractivity contribution >= 4 is 43.9 Å². The second-order valence-corrected chi connectivity index (χ2v) is 11.1. The number of benzene rings is 6. The second-order valence-electron chi connectivity index (χ2n) is 11.1. The van der Waals surface area contributed by atoms with E-state index < -0.39 is 0 Å². The number of fused-ring (bicyclic) bond motifs is 6. The van der Waals surface area contributed by atoms with E-state index in [4.69, 9.17) is 9.40 Å². The highest BCUT2D eigenvalue weighted by molar-refractivity contribution is 6.10. The maximum atomic E-state index is 6.45. The normalized spacial score (nSPS) is 11.6. The van der Waals surface area contributed by atoms with Crippen LogP contribution < -0.4 is 0 Å². The fourth-order valence-corrected chi connectivity index (χ4v) is 6.44. The predicted octanol–water partition coefficient (Wildman–Crippen LogP) is 10.5. The Hall–Kier alpha value is -6.00. The molecule has 4 heteroatoms. The molecule has 206 valence electrons. The average molecular weight is 564 g/mol. The quantitative estimate of drug-likeness (QED) is 0.214. The van der Waals surface area contributed by atoms with Crippen molar-refractivity contribution in [1.29, 1.82) is 0 Å². The third-order valence-electron chi connectivity index (χ3n) is 8.53. The van der Waals surface area contributed by atoms with Crippen molar-refractivity contribution < 1.29 is 4.42 Å². The van der Waals surface area contributed by atoms with Crippen LogP contribution in [0.25, 0.3) is 83.1 Å². The van der Waals surface area contributed by atoms with E-state index in [-0.39, 0.29) is 0 Å². The summed E-state index contributed by atoms with van der Waals surface area (Å²) in [5.74, 6) is 0. The highest BCUT2D eigenvalue weighted by Crippen LogP contribution is 2.37. The van der Waals surface area contributed by atoms with Gasteiger partial charge in [-0.2, -0.15) is 0 Å². The van der Waals surface area contributed by atoms with E-state index in [1.165, 1.54) is 32.9 Å². The minimum atomic E-state index is 0.693. The van der Waals surface area contributed by atoms with Crippen molar-refractivity contribution in [3.8, 4) is 39.2 Å². The molecular formula is C40H25N3O. The van der Waals surface area contributed by atoms with Gasteiger partial charge < -0.3 is 8.98 Å². The van der Waals surface area contributed by atoms with Crippen LogP contribution in [0.1, 0.15) is 0 Å². The molecule has 6 aromatic carbocycles. The van der Waals surface area contributed by atoms with E-state index in [2.05, 4.69) is 143 Å². The molecule has 3 heterocycles. The Morgan fingerprint density at radius 2 is 1.07 bits per heavy atom. The van der Waals surface area contributed by atoms with Gasteiger partial charge in [-0.05, 0) is 58.7 Å². The van der Waals surface area contributed by atoms with Crippen molar-refractivity contribution in [3.63, 3.8) is 0 Å². The number of hydrogen-bond acceptors (Lipinski definition) is 3. The lowest BCUT2D eigenvalue weighted by Gasteiger charge is -2.10. The van der Waals surface area contributed by atoms with Gasteiger partial charge in [-0.25, -0.2) is 9.97 Å². The first kappa shape index (κ1) is 24.6. The molecule has 0 unspecified atom stereocenters. The third-order valence-corrected chi connectivity index (χ3v) is 8.53. The van der Waals surface area contributed by atoms with Gasteiger partial charge in [-0.1, -0.05) is 109 Å². The summed E-state index contributed by atoms with van der Waals surface area (Å²) in [6, 6.07) is 51.1. The molecule has 9 rings (SSSR count). The van der Waals surface area contributed by atoms with Crippen LogP contribution in [0, 0.1) is 0 Å². The van der Waals surface area contributed by atoms with Gasteiger partial charge in [0.05, 0.1) is 11.0 Å². The van der Waals surface area contributed by atoms with E-state index >= 15 is 0 Å². The summed E-state index contributed by atoms with van der Waals surface area (Å²) >= 11 is 0. The van der Waals surface area contributed by atoms with E-state index in [1.54, 1.807) is 6.33 Å². The Morgan fingerprint density at radius 1 is 0.455 bits per heavy atom. The molecular weight excluding hydrogens is 538 g/mol. The molecule has 0 radical (unpaired) electrons. The summed E-state index contributed by atoms with van der Waals surface area (Å²) in [7, 11) is 0. The number of para-hydroxylation sites is 2. The number of nitrogens with zero attached hydrogens (tertiary/aromatic N) is 3. The van der Waals surface area contributed by atoms with Crippen LogP contribution in [0.2, 0.25) is 0 Å². The monoisotopic (exact) mass is 563 g/mol. The Labute approximate surface area is 253 Å². The molecule has 0 spiro atoms. The molecule has 0 saturated carbocycles. The maximum Gasteiger partial charge on any atom is 0.180 e. The van der Waals surface area contributed by atoms with Crippen LogP contribution in [-0.4, -0.2) is 14.5 Å². The summed E-state index contributed by atoms with van der Waals surface area (Å²) in [5, 5.41) is 3.45. The molecule has 0 aliphatic heterocycles. The van der Waals surface area contributed by atoms with Gasteiger partial charge in [-0.15, -0.1) is 0 Å². The zero-order chi connectivity index (χ0) is 29.0. The molecule has 4 nitrogen and oxygen atoms in total. The van der Waals surface area contributed by atoms with Crippen LogP contribution >= 0.6 is 0 Å². The Bertz CT molecular complexity index is 2430. The molecule has 0 bridgehead atoms. The lowest BCUT2D eigenvalue weighted by atomic mass is 9.99. The number of hydrogen-bond donors (Lipinski definition) is 0. The number of furan rings is 1. The van der Waals surface area contributed by atoms with Crippen LogP contribution in [0.4, 0.5) is 0 Å². The van der Waals surface area contributed by atoms with Gasteiger partial charge in [0, 0.05) is 27.4 Å². The molecule has 0 amide bonds. The largest absolute Gasteiger partial charge is 0.452 e. The third kappa shape index (κ3) is 3.85. The van der Waals surface area contributed by atoms with Crippen LogP contribution in [-0.2, 0) is 0 Å². The fourth-order valence-electron chi connectivity index (χ4n) is 6.44. The van der Waals surface area contributed by atoms with Crippen molar-refractivity contribution in [1.82, 2.24) is 14.5 Å². The lowest BCUT2D eigenvalue weighted by Crippen LogP contribution is -1.95. The van der Waals surface area contributed by atoms with Crippen LogP contribution in [0.3, 0.4) is 0 Å². The molecule has 0 atom stereocenters. The first-order chi connectivity index (χ1) is 21.8. The van der Waals surface area contributed by atoms with E-state index in [1.807, 2.05) is 12.1 Å². The molecule has 0 fully saturated rings. The molecule has 3 aromatic heterocycles. The summed E-state index contributed by atoms with van der Waals surface area (Å²) in [6.45, 7) is 0. The summed E-state index contributed by atoms with van der Waals surface area (Å²) in [5.41, 5.74) is 12.2. The van der Waals surface area contributed by atoms with Gasteiger partial charge in [0.1, 0.15) is 23.1 Å². The van der Waals surface area contributed by atoms with E-state index in [9.17, 15) is 0 Å². The lowest BCUT2D eigenvalue weighted by molar-refractivity contribution is 0.667. The SMILES string of the molecule is c1ccc(-c2ccc(-c3ccc4oc5c(-c6cccc(-n7c8ccccc8c8ccccc87)c6)ncnc5c4c3)cc2)cc1. The first-order valence-corrected chi connectivity index (χ1v) is 14.7. The number of rotatable bonds is 4. The van der Waals surface area contributed by atoms with Crippen LogP contribution in [0.15, 0.2) is 156 Å². The van der Waals surface area contributed by atoms with Gasteiger partial charge >= 0.3 is 0 Å². The van der Waals surface area contributed by atoms with Crippen molar-refractivity contribution in [2.24, 2.45) is 0 Å². The molecule has 44 heavy (non-hydrogen) atoms. The van der Waals surface area contributed by atoms with E-state index in [0.29, 0.717) is 5.58 Å². The molecule has 0 saturated heterocycles. The second kappa shape index (κ2) is 9.79. The molecule has 0 aliphatic rings. The Kier molecular flexibility index (Phi) is 5.47. The highest BCUT2D eigenvalue weighted by Gasteiger charge is 2.17. The minimum Gasteiger partial charge on any atom is -0.452 e. The van der Waals surface area contributed by atoms with Crippen molar-refractivity contribution in [2.45, 2.75) is 0 Å². The highest BCUT2D eigenvalue weighted by atomic mass is 16.3. The fraction of sp³-hybridized carbons (Fsp3) is 0. The topological polar surface area (TPSA) is 43.9 Å². The summed E-state index contributed by atoms with van der Waals surface area (Å²) < 4.78 is 8.77. The zero-order valence-corrected chi connectivity index (χ0v) is 23.7. The average Bonchev–Trinajstić information content (AvgIpc) is 3.64. The standard InChI is InChI=1S/C40H25N3O/c1-2-9-26(10-3-1)27-17-19-28(20-18-27)29-21-22-37-34(24-29)39-40(44-37)38(41-25-42-39)30-11-8-12-31(23-30)43-35-15-6-4-13-32(35)33-14-5-7-16-36(33)43/h1-25H. The smallest absolute Gasteiger partial charge is 0.180 e. The minimum absolute atomic E-state index is 0.693. The first-order valence-electron chi connectivity index (χ1n) is 14.7. The molecule has 0 N–H and O–H groups in total. The van der Waals surface area contributed by atoms with Crippen LogP contribution in [0.5, 0.6) is 0 Å².